The number of rotatable bonds is 2. The Morgan fingerprint density at radius 3 is 3.20 bits per heavy atom. The number of nitrogens with one attached hydrogen (secondary N) is 1. The van der Waals surface area contributed by atoms with E-state index in [9.17, 15) is 4.79 Å². The molecule has 1 fully saturated rings. The molecule has 2 atom stereocenters. The fourth-order valence-electron chi connectivity index (χ4n) is 2.00. The van der Waals surface area contributed by atoms with Gasteiger partial charge in [-0.1, -0.05) is 6.07 Å². The molecule has 82 valence electrons. The summed E-state index contributed by atoms with van der Waals surface area (Å²) in [5, 5.41) is 5.50. The molecule has 1 aromatic heterocycles. The van der Waals surface area contributed by atoms with Gasteiger partial charge in [0.2, 0.25) is 0 Å². The van der Waals surface area contributed by atoms with Gasteiger partial charge in [0.25, 0.3) is 0 Å². The normalized spacial score (nSPS) is 26.2. The average Bonchev–Trinajstić information content (AvgIpc) is 2.82. The van der Waals surface area contributed by atoms with Crippen LogP contribution in [0.4, 0.5) is 0 Å². The van der Waals surface area contributed by atoms with Gasteiger partial charge in [0.1, 0.15) is 0 Å². The van der Waals surface area contributed by atoms with Crippen molar-refractivity contribution in [2.45, 2.75) is 18.9 Å². The Morgan fingerprint density at radius 1 is 1.67 bits per heavy atom. The lowest BCUT2D eigenvalue weighted by molar-refractivity contribution is -0.146. The first-order valence-corrected chi connectivity index (χ1v) is 6.04. The average molecular weight is 225 g/mol. The molecule has 1 aliphatic rings. The van der Waals surface area contributed by atoms with Crippen LogP contribution >= 0.6 is 11.3 Å². The van der Waals surface area contributed by atoms with Crippen molar-refractivity contribution >= 4 is 17.3 Å². The molecule has 0 bridgehead atoms. The highest BCUT2D eigenvalue weighted by molar-refractivity contribution is 7.10. The number of hydrogen-bond donors (Lipinski definition) is 1. The van der Waals surface area contributed by atoms with E-state index >= 15 is 0 Å². The molecular weight excluding hydrogens is 210 g/mol. The fourth-order valence-corrected chi connectivity index (χ4v) is 2.82. The van der Waals surface area contributed by atoms with Crippen LogP contribution in [-0.4, -0.2) is 19.6 Å². The fraction of sp³-hybridized carbons (Fsp3) is 0.545. The number of thiophene rings is 1. The summed E-state index contributed by atoms with van der Waals surface area (Å²) in [5.41, 5.74) is 0. The number of hydrogen-bond acceptors (Lipinski definition) is 4. The topological polar surface area (TPSA) is 38.3 Å². The van der Waals surface area contributed by atoms with Gasteiger partial charge in [0, 0.05) is 10.9 Å². The first kappa shape index (κ1) is 10.6. The summed E-state index contributed by atoms with van der Waals surface area (Å²) in [7, 11) is 1.46. The van der Waals surface area contributed by atoms with E-state index in [1.165, 1.54) is 12.0 Å². The lowest BCUT2D eigenvalue weighted by Gasteiger charge is -2.28. The van der Waals surface area contributed by atoms with Crippen LogP contribution < -0.4 is 5.32 Å². The minimum Gasteiger partial charge on any atom is -0.469 e. The van der Waals surface area contributed by atoms with Crippen molar-refractivity contribution < 1.29 is 9.53 Å². The maximum atomic E-state index is 11.4. The number of carbonyl (C=O) groups is 1. The van der Waals surface area contributed by atoms with Crippen LogP contribution in [0.2, 0.25) is 0 Å². The zero-order valence-electron chi connectivity index (χ0n) is 8.73. The predicted molar refractivity (Wildman–Crippen MR) is 59.8 cm³/mol. The van der Waals surface area contributed by atoms with Crippen molar-refractivity contribution in [1.29, 1.82) is 0 Å². The van der Waals surface area contributed by atoms with Crippen LogP contribution in [0.1, 0.15) is 23.8 Å². The van der Waals surface area contributed by atoms with Crippen LogP contribution in [0.25, 0.3) is 0 Å². The molecule has 0 aromatic carbocycles. The largest absolute Gasteiger partial charge is 0.469 e. The van der Waals surface area contributed by atoms with E-state index < -0.39 is 0 Å². The van der Waals surface area contributed by atoms with Gasteiger partial charge in [-0.2, -0.15) is 0 Å². The maximum absolute atomic E-state index is 11.4. The van der Waals surface area contributed by atoms with Crippen molar-refractivity contribution in [1.82, 2.24) is 5.32 Å². The van der Waals surface area contributed by atoms with Crippen LogP contribution in [-0.2, 0) is 9.53 Å². The summed E-state index contributed by atoms with van der Waals surface area (Å²) in [6.07, 6.45) is 1.74. The Labute approximate surface area is 93.4 Å². The molecule has 0 aliphatic carbocycles. The Balaban J connectivity index is 2.01. The third-order valence-electron chi connectivity index (χ3n) is 2.82. The van der Waals surface area contributed by atoms with Crippen molar-refractivity contribution in [3.05, 3.63) is 22.4 Å². The molecular formula is C11H15NO2S. The number of methoxy groups -OCH3 is 1. The molecule has 0 radical (unpaired) electrons. The zero-order valence-corrected chi connectivity index (χ0v) is 9.55. The minimum atomic E-state index is -0.0712. The molecule has 1 aromatic rings. The zero-order chi connectivity index (χ0) is 10.7. The van der Waals surface area contributed by atoms with Crippen molar-refractivity contribution in [3.63, 3.8) is 0 Å². The summed E-state index contributed by atoms with van der Waals surface area (Å²) < 4.78 is 4.79. The van der Waals surface area contributed by atoms with Gasteiger partial charge < -0.3 is 10.1 Å². The summed E-state index contributed by atoms with van der Waals surface area (Å²) >= 11 is 1.74. The number of carbonyl (C=O) groups excluding carboxylic acids is 1. The standard InChI is InChI=1S/C11H15NO2S/c1-14-11(13)8-4-5-12-9(7-8)10-3-2-6-15-10/h2-3,6,8-9,12H,4-5,7H2,1H3. The van der Waals surface area contributed by atoms with Gasteiger partial charge in [-0.25, -0.2) is 0 Å². The molecule has 15 heavy (non-hydrogen) atoms. The van der Waals surface area contributed by atoms with Crippen LogP contribution in [0, 0.1) is 5.92 Å². The molecule has 0 amide bonds. The minimum absolute atomic E-state index is 0.0587. The highest BCUT2D eigenvalue weighted by Gasteiger charge is 2.28. The van der Waals surface area contributed by atoms with Gasteiger partial charge in [0.15, 0.2) is 0 Å². The Bertz CT molecular complexity index is 323. The van der Waals surface area contributed by atoms with E-state index in [0.29, 0.717) is 6.04 Å². The quantitative estimate of drug-likeness (QED) is 0.782. The van der Waals surface area contributed by atoms with Gasteiger partial charge in [0.05, 0.1) is 13.0 Å². The van der Waals surface area contributed by atoms with E-state index in [0.717, 1.165) is 19.4 Å². The molecule has 4 heteroatoms. The SMILES string of the molecule is COC(=O)C1CCNC(c2cccs2)C1. The molecule has 2 unspecified atom stereocenters. The molecule has 1 N–H and O–H groups in total. The van der Waals surface area contributed by atoms with Crippen molar-refractivity contribution in [2.24, 2.45) is 5.92 Å². The highest BCUT2D eigenvalue weighted by Crippen LogP contribution is 2.30. The van der Waals surface area contributed by atoms with E-state index in [1.54, 1.807) is 11.3 Å². The van der Waals surface area contributed by atoms with E-state index in [4.69, 9.17) is 4.74 Å². The van der Waals surface area contributed by atoms with Gasteiger partial charge in [-0.15, -0.1) is 11.3 Å². The second kappa shape index (κ2) is 4.77. The third kappa shape index (κ3) is 2.38. The van der Waals surface area contributed by atoms with E-state index in [2.05, 4.69) is 16.8 Å². The Morgan fingerprint density at radius 2 is 2.53 bits per heavy atom. The lowest BCUT2D eigenvalue weighted by Crippen LogP contribution is -2.35. The molecule has 3 nitrogen and oxygen atoms in total. The van der Waals surface area contributed by atoms with Crippen LogP contribution in [0.5, 0.6) is 0 Å². The van der Waals surface area contributed by atoms with E-state index in [-0.39, 0.29) is 11.9 Å². The second-order valence-electron chi connectivity index (χ2n) is 3.77. The molecule has 2 rings (SSSR count). The molecule has 0 spiro atoms. The predicted octanol–water partition coefficient (Wildman–Crippen LogP) is 1.96. The molecule has 1 aliphatic heterocycles. The van der Waals surface area contributed by atoms with Gasteiger partial charge in [-0.05, 0) is 30.8 Å². The maximum Gasteiger partial charge on any atom is 0.308 e. The lowest BCUT2D eigenvalue weighted by atomic mass is 9.92. The van der Waals surface area contributed by atoms with Crippen LogP contribution in [0.3, 0.4) is 0 Å². The second-order valence-corrected chi connectivity index (χ2v) is 4.75. The highest BCUT2D eigenvalue weighted by atomic mass is 32.1. The first-order valence-electron chi connectivity index (χ1n) is 5.16. The summed E-state index contributed by atoms with van der Waals surface area (Å²) in [6.45, 7) is 0.891. The van der Waals surface area contributed by atoms with Crippen molar-refractivity contribution in [2.75, 3.05) is 13.7 Å². The van der Waals surface area contributed by atoms with E-state index in [1.807, 2.05) is 6.07 Å². The smallest absolute Gasteiger partial charge is 0.308 e. The van der Waals surface area contributed by atoms with Gasteiger partial charge >= 0.3 is 5.97 Å². The first-order chi connectivity index (χ1) is 7.31. The molecule has 2 heterocycles. The number of ether oxygens (including phenoxy) is 1. The summed E-state index contributed by atoms with van der Waals surface area (Å²) in [4.78, 5) is 12.7. The van der Waals surface area contributed by atoms with Gasteiger partial charge in [-0.3, -0.25) is 4.79 Å². The number of esters is 1. The molecule has 0 saturated carbocycles. The summed E-state index contributed by atoms with van der Waals surface area (Å²) in [5.74, 6) is -0.0126. The van der Waals surface area contributed by atoms with Crippen molar-refractivity contribution in [3.8, 4) is 0 Å². The Kier molecular flexibility index (Phi) is 3.38. The third-order valence-corrected chi connectivity index (χ3v) is 3.81. The Hall–Kier alpha value is -0.870. The van der Waals surface area contributed by atoms with Crippen LogP contribution in [0.15, 0.2) is 17.5 Å². The molecule has 1 saturated heterocycles. The summed E-state index contributed by atoms with van der Waals surface area (Å²) in [6, 6.07) is 4.48. The number of piperidine rings is 1. The monoisotopic (exact) mass is 225 g/mol.